The summed E-state index contributed by atoms with van der Waals surface area (Å²) in [7, 11) is -3.67. The minimum absolute atomic E-state index is 0.220. The third-order valence-electron chi connectivity index (χ3n) is 5.40. The van der Waals surface area contributed by atoms with Gasteiger partial charge in [0, 0.05) is 6.42 Å². The normalized spacial score (nSPS) is 41.0. The molecule has 0 unspecified atom stereocenters. The second-order valence-electron chi connectivity index (χ2n) is 8.49. The van der Waals surface area contributed by atoms with Crippen LogP contribution in [0.2, 0.25) is 39.3 Å². The van der Waals surface area contributed by atoms with E-state index in [1.165, 1.54) is 0 Å². The number of aliphatic hydroxyl groups excluding tert-OH is 1. The average Bonchev–Trinajstić information content (AvgIpc) is 2.82. The van der Waals surface area contributed by atoms with Gasteiger partial charge in [0.25, 0.3) is 0 Å². The minimum atomic E-state index is -1.90. The fraction of sp³-hybridized carbons (Fsp3) is 0.929. The third kappa shape index (κ3) is 2.48. The maximum atomic E-state index is 11.4. The van der Waals surface area contributed by atoms with Gasteiger partial charge in [-0.3, -0.25) is 0 Å². The second kappa shape index (κ2) is 4.81. The van der Waals surface area contributed by atoms with Crippen molar-refractivity contribution < 1.29 is 24.1 Å². The highest BCUT2D eigenvalue weighted by atomic mass is 28.3. The number of hydrogen-bond donors (Lipinski definition) is 1. The molecule has 4 atom stereocenters. The average molecular weight is 333 g/mol. The first-order valence-corrected chi connectivity index (χ1v) is 14.6. The third-order valence-corrected chi connectivity index (χ3v) is 12.0. The van der Waals surface area contributed by atoms with E-state index in [-0.39, 0.29) is 6.61 Å². The molecular formula is C14H28O5Si2. The van der Waals surface area contributed by atoms with Crippen LogP contribution >= 0.6 is 0 Å². The molecule has 0 radical (unpaired) electrons. The van der Waals surface area contributed by atoms with Crippen LogP contribution in [0.3, 0.4) is 0 Å². The number of ether oxygens (including phenoxy) is 3. The van der Waals surface area contributed by atoms with Crippen molar-refractivity contribution in [2.45, 2.75) is 75.3 Å². The summed E-state index contributed by atoms with van der Waals surface area (Å²) in [5.41, 5.74) is 0. The lowest BCUT2D eigenvalue weighted by molar-refractivity contribution is -0.0839. The van der Waals surface area contributed by atoms with Gasteiger partial charge in [0.15, 0.2) is 6.10 Å². The van der Waals surface area contributed by atoms with Gasteiger partial charge in [0.2, 0.25) is 0 Å². The van der Waals surface area contributed by atoms with E-state index in [2.05, 4.69) is 39.3 Å². The second-order valence-corrected chi connectivity index (χ2v) is 19.3. The molecule has 2 fully saturated rings. The molecule has 0 aromatic rings. The van der Waals surface area contributed by atoms with Gasteiger partial charge in [-0.05, 0) is 6.92 Å². The van der Waals surface area contributed by atoms with Gasteiger partial charge in [0.05, 0.1) is 27.5 Å². The SMILES string of the molecule is C[C@]1([Si](C)(C)C)O[C@]([C@@H]2COC(=O)O2)([Si](C)(C)C)C[C@H]1O. The van der Waals surface area contributed by atoms with Crippen LogP contribution in [-0.4, -0.2) is 56.7 Å². The van der Waals surface area contributed by atoms with Gasteiger partial charge >= 0.3 is 6.16 Å². The molecule has 0 amide bonds. The Morgan fingerprint density at radius 1 is 1.14 bits per heavy atom. The van der Waals surface area contributed by atoms with Gasteiger partial charge < -0.3 is 19.3 Å². The van der Waals surface area contributed by atoms with Crippen molar-refractivity contribution in [2.24, 2.45) is 0 Å². The highest BCUT2D eigenvalue weighted by Gasteiger charge is 2.67. The summed E-state index contributed by atoms with van der Waals surface area (Å²) in [4.78, 5) is 11.4. The Morgan fingerprint density at radius 2 is 1.71 bits per heavy atom. The molecule has 2 aliphatic rings. The fourth-order valence-corrected chi connectivity index (χ4v) is 7.44. The van der Waals surface area contributed by atoms with Crippen molar-refractivity contribution in [1.82, 2.24) is 0 Å². The summed E-state index contributed by atoms with van der Waals surface area (Å²) in [6, 6.07) is 0. The van der Waals surface area contributed by atoms with Gasteiger partial charge in [-0.1, -0.05) is 39.3 Å². The molecule has 21 heavy (non-hydrogen) atoms. The van der Waals surface area contributed by atoms with Crippen molar-refractivity contribution in [1.29, 1.82) is 0 Å². The van der Waals surface area contributed by atoms with Crippen LogP contribution in [0.15, 0.2) is 0 Å². The molecule has 122 valence electrons. The van der Waals surface area contributed by atoms with Gasteiger partial charge in [-0.15, -0.1) is 0 Å². The van der Waals surface area contributed by atoms with Crippen LogP contribution in [0.4, 0.5) is 4.79 Å². The van der Waals surface area contributed by atoms with E-state index in [0.29, 0.717) is 6.42 Å². The Balaban J connectivity index is 2.44. The molecule has 2 rings (SSSR count). The molecule has 5 nitrogen and oxygen atoms in total. The number of carbonyl (C=O) groups is 1. The molecule has 2 aliphatic heterocycles. The lowest BCUT2D eigenvalue weighted by Gasteiger charge is -2.46. The lowest BCUT2D eigenvalue weighted by Crippen LogP contribution is -2.64. The Morgan fingerprint density at radius 3 is 2.05 bits per heavy atom. The first kappa shape index (κ1) is 17.0. The van der Waals surface area contributed by atoms with Crippen molar-refractivity contribution in [3.05, 3.63) is 0 Å². The van der Waals surface area contributed by atoms with E-state index < -0.39 is 45.0 Å². The highest BCUT2D eigenvalue weighted by Crippen LogP contribution is 2.50. The zero-order chi connectivity index (χ0) is 16.3. The maximum Gasteiger partial charge on any atom is 0.508 e. The topological polar surface area (TPSA) is 65.0 Å². The molecule has 2 heterocycles. The van der Waals surface area contributed by atoms with Crippen LogP contribution in [0, 0.1) is 0 Å². The molecule has 0 aliphatic carbocycles. The van der Waals surface area contributed by atoms with Crippen LogP contribution in [0.25, 0.3) is 0 Å². The van der Waals surface area contributed by atoms with Crippen molar-refractivity contribution >= 4 is 22.3 Å². The van der Waals surface area contributed by atoms with Crippen LogP contribution in [0.5, 0.6) is 0 Å². The number of aliphatic hydroxyl groups is 1. The van der Waals surface area contributed by atoms with Crippen LogP contribution < -0.4 is 0 Å². The lowest BCUT2D eigenvalue weighted by atomic mass is 10.1. The van der Waals surface area contributed by atoms with E-state index in [4.69, 9.17) is 14.2 Å². The van der Waals surface area contributed by atoms with E-state index in [1.807, 2.05) is 6.92 Å². The maximum absolute atomic E-state index is 11.4. The summed E-state index contributed by atoms with van der Waals surface area (Å²) >= 11 is 0. The van der Waals surface area contributed by atoms with Crippen LogP contribution in [0.1, 0.15) is 13.3 Å². The summed E-state index contributed by atoms with van der Waals surface area (Å²) in [6.07, 6.45) is -1.05. The quantitative estimate of drug-likeness (QED) is 0.635. The molecule has 0 saturated carbocycles. The Kier molecular flexibility index (Phi) is 3.89. The molecule has 2 saturated heterocycles. The van der Waals surface area contributed by atoms with Crippen molar-refractivity contribution in [3.8, 4) is 0 Å². The van der Waals surface area contributed by atoms with E-state index in [0.717, 1.165) is 0 Å². The van der Waals surface area contributed by atoms with Crippen molar-refractivity contribution in [3.63, 3.8) is 0 Å². The first-order valence-electron chi connectivity index (χ1n) is 7.55. The van der Waals surface area contributed by atoms with Crippen LogP contribution in [-0.2, 0) is 14.2 Å². The fourth-order valence-electron chi connectivity index (χ4n) is 3.32. The van der Waals surface area contributed by atoms with Gasteiger partial charge in [0.1, 0.15) is 11.8 Å². The van der Waals surface area contributed by atoms with Crippen molar-refractivity contribution in [2.75, 3.05) is 6.61 Å². The number of rotatable bonds is 3. The first-order chi connectivity index (χ1) is 9.33. The monoisotopic (exact) mass is 332 g/mol. The smallest absolute Gasteiger partial charge is 0.430 e. The van der Waals surface area contributed by atoms with E-state index in [1.54, 1.807) is 0 Å². The zero-order valence-corrected chi connectivity index (χ0v) is 16.1. The highest BCUT2D eigenvalue weighted by molar-refractivity contribution is 6.81. The molecule has 0 spiro atoms. The Labute approximate surface area is 129 Å². The van der Waals surface area contributed by atoms with E-state index >= 15 is 0 Å². The molecule has 7 heteroatoms. The summed E-state index contributed by atoms with van der Waals surface area (Å²) < 4.78 is 17.0. The standard InChI is InChI=1S/C14H28O5Si2/c1-13(20(2,3)4)10(15)8-14(19-13,21(5,6)7)11-9-17-12(16)18-11/h10-11,15H,8-9H2,1-7H3/t10-,11+,13-,14+/m1/s1. The van der Waals surface area contributed by atoms with Gasteiger partial charge in [-0.25, -0.2) is 4.79 Å². The Hall–Kier alpha value is -0.376. The number of carbonyl (C=O) groups excluding carboxylic acids is 1. The molecule has 1 N–H and O–H groups in total. The molecule has 0 aromatic heterocycles. The number of hydrogen-bond acceptors (Lipinski definition) is 5. The summed E-state index contributed by atoms with van der Waals surface area (Å²) in [6.45, 7) is 15.4. The Bertz CT molecular complexity index is 442. The predicted octanol–water partition coefficient (Wildman–Crippen LogP) is 2.56. The molecular weight excluding hydrogens is 304 g/mol. The zero-order valence-electron chi connectivity index (χ0n) is 14.1. The minimum Gasteiger partial charge on any atom is -0.430 e. The molecule has 0 aromatic carbocycles. The molecule has 0 bridgehead atoms. The number of cyclic esters (lactones) is 2. The largest absolute Gasteiger partial charge is 0.508 e. The van der Waals surface area contributed by atoms with Gasteiger partial charge in [-0.2, -0.15) is 0 Å². The van der Waals surface area contributed by atoms with E-state index in [9.17, 15) is 9.90 Å². The summed E-state index contributed by atoms with van der Waals surface area (Å²) in [5.74, 6) is 0. The predicted molar refractivity (Wildman–Crippen MR) is 85.8 cm³/mol. The summed E-state index contributed by atoms with van der Waals surface area (Å²) in [5, 5.41) is 9.63.